The van der Waals surface area contributed by atoms with Crippen molar-refractivity contribution in [2.45, 2.75) is 62.6 Å². The van der Waals surface area contributed by atoms with E-state index in [-0.39, 0.29) is 5.60 Å². The zero-order valence-corrected chi connectivity index (χ0v) is 13.2. The van der Waals surface area contributed by atoms with Crippen LogP contribution in [0.4, 0.5) is 0 Å². The minimum Gasteiger partial charge on any atom is -0.381 e. The molecule has 3 aliphatic heterocycles. The van der Waals surface area contributed by atoms with Crippen LogP contribution in [0.5, 0.6) is 0 Å². The van der Waals surface area contributed by atoms with Crippen molar-refractivity contribution in [3.8, 4) is 0 Å². The molecule has 4 rings (SSSR count). The molecular formula is C17H30N2O2. The van der Waals surface area contributed by atoms with E-state index < -0.39 is 0 Å². The van der Waals surface area contributed by atoms with Gasteiger partial charge in [0.25, 0.3) is 0 Å². The van der Waals surface area contributed by atoms with Gasteiger partial charge in [0.05, 0.1) is 5.60 Å². The highest BCUT2D eigenvalue weighted by Gasteiger charge is 2.39. The quantitative estimate of drug-likeness (QED) is 0.857. The summed E-state index contributed by atoms with van der Waals surface area (Å²) in [4.78, 5) is 2.72. The summed E-state index contributed by atoms with van der Waals surface area (Å²) in [6.45, 7) is 6.57. The lowest BCUT2D eigenvalue weighted by atomic mass is 9.84. The van der Waals surface area contributed by atoms with Crippen LogP contribution in [0.3, 0.4) is 0 Å². The molecule has 0 radical (unpaired) electrons. The third kappa shape index (κ3) is 3.44. The van der Waals surface area contributed by atoms with Crippen LogP contribution < -0.4 is 5.32 Å². The molecule has 1 N–H and O–H groups in total. The molecule has 1 aliphatic carbocycles. The zero-order chi connectivity index (χ0) is 14.1. The third-order valence-corrected chi connectivity index (χ3v) is 5.97. The highest BCUT2D eigenvalue weighted by Crippen LogP contribution is 2.35. The molecule has 0 amide bonds. The Bertz CT molecular complexity index is 347. The van der Waals surface area contributed by atoms with Crippen molar-refractivity contribution in [2.75, 3.05) is 39.5 Å². The van der Waals surface area contributed by atoms with Crippen molar-refractivity contribution in [3.05, 3.63) is 0 Å². The summed E-state index contributed by atoms with van der Waals surface area (Å²) in [5.74, 6) is 0.874. The third-order valence-electron chi connectivity index (χ3n) is 5.97. The van der Waals surface area contributed by atoms with E-state index in [1.807, 2.05) is 0 Å². The topological polar surface area (TPSA) is 33.7 Å². The number of likely N-dealkylation sites (tertiary alicyclic amines) is 1. The van der Waals surface area contributed by atoms with Crippen molar-refractivity contribution < 1.29 is 9.47 Å². The average molecular weight is 294 g/mol. The largest absolute Gasteiger partial charge is 0.381 e. The summed E-state index contributed by atoms with van der Waals surface area (Å²) >= 11 is 0. The van der Waals surface area contributed by atoms with Crippen LogP contribution in [0.2, 0.25) is 0 Å². The van der Waals surface area contributed by atoms with Crippen molar-refractivity contribution in [3.63, 3.8) is 0 Å². The van der Waals surface area contributed by atoms with Gasteiger partial charge in [-0.3, -0.25) is 0 Å². The van der Waals surface area contributed by atoms with Gasteiger partial charge in [-0.05, 0) is 64.0 Å². The lowest BCUT2D eigenvalue weighted by Crippen LogP contribution is -2.50. The predicted octanol–water partition coefficient (Wildman–Crippen LogP) is 1.79. The van der Waals surface area contributed by atoms with Crippen LogP contribution in [0.15, 0.2) is 0 Å². The standard InChI is InChI=1S/C17H30N2O2/c1-2-16(1)19-7-3-14(13-19)12-18-15-4-8-21-17(11-15)5-9-20-10-6-17/h14-16,18H,1-13H2. The highest BCUT2D eigenvalue weighted by atomic mass is 16.5. The maximum absolute atomic E-state index is 6.14. The molecule has 4 fully saturated rings. The summed E-state index contributed by atoms with van der Waals surface area (Å²) in [5, 5.41) is 3.87. The Morgan fingerprint density at radius 3 is 2.71 bits per heavy atom. The monoisotopic (exact) mass is 294 g/mol. The van der Waals surface area contributed by atoms with Gasteiger partial charge in [-0.2, -0.15) is 0 Å². The molecule has 3 saturated heterocycles. The van der Waals surface area contributed by atoms with Gasteiger partial charge in [0.1, 0.15) is 0 Å². The Hall–Kier alpha value is -0.160. The number of ether oxygens (including phenoxy) is 2. The van der Waals surface area contributed by atoms with Crippen LogP contribution >= 0.6 is 0 Å². The fraction of sp³-hybridized carbons (Fsp3) is 1.00. The van der Waals surface area contributed by atoms with Crippen LogP contribution in [0, 0.1) is 5.92 Å². The smallest absolute Gasteiger partial charge is 0.0741 e. The Morgan fingerprint density at radius 1 is 1.05 bits per heavy atom. The number of hydrogen-bond acceptors (Lipinski definition) is 4. The lowest BCUT2D eigenvalue weighted by Gasteiger charge is -2.43. The number of nitrogens with zero attached hydrogens (tertiary/aromatic N) is 1. The predicted molar refractivity (Wildman–Crippen MR) is 82.5 cm³/mol. The van der Waals surface area contributed by atoms with Gasteiger partial charge in [0, 0.05) is 38.4 Å². The molecule has 0 bridgehead atoms. The summed E-state index contributed by atoms with van der Waals surface area (Å²) < 4.78 is 11.6. The first-order valence-electron chi connectivity index (χ1n) is 9.02. The van der Waals surface area contributed by atoms with Crippen LogP contribution in [0.25, 0.3) is 0 Å². The second-order valence-electron chi connectivity index (χ2n) is 7.62. The molecule has 2 unspecified atom stereocenters. The average Bonchev–Trinajstić information content (AvgIpc) is 3.25. The van der Waals surface area contributed by atoms with Crippen LogP contribution in [-0.2, 0) is 9.47 Å². The van der Waals surface area contributed by atoms with E-state index in [0.29, 0.717) is 6.04 Å². The molecule has 0 aromatic carbocycles. The Kier molecular flexibility index (Phi) is 4.23. The van der Waals surface area contributed by atoms with Gasteiger partial charge in [-0.15, -0.1) is 0 Å². The van der Waals surface area contributed by atoms with Crippen molar-refractivity contribution in [2.24, 2.45) is 5.92 Å². The summed E-state index contributed by atoms with van der Waals surface area (Å²) in [6, 6.07) is 1.61. The van der Waals surface area contributed by atoms with E-state index >= 15 is 0 Å². The minimum absolute atomic E-state index is 0.129. The van der Waals surface area contributed by atoms with Crippen LogP contribution in [0.1, 0.15) is 44.9 Å². The van der Waals surface area contributed by atoms with Crippen molar-refractivity contribution in [1.82, 2.24) is 10.2 Å². The molecule has 0 aromatic rings. The fourth-order valence-electron chi connectivity index (χ4n) is 4.43. The van der Waals surface area contributed by atoms with Gasteiger partial charge in [-0.25, -0.2) is 0 Å². The van der Waals surface area contributed by atoms with E-state index in [1.165, 1.54) is 51.7 Å². The summed E-state index contributed by atoms with van der Waals surface area (Å²) in [5.41, 5.74) is 0.129. The minimum atomic E-state index is 0.129. The molecule has 1 spiro atoms. The maximum atomic E-state index is 6.14. The summed E-state index contributed by atoms with van der Waals surface area (Å²) in [6.07, 6.45) is 8.84. The molecule has 0 aromatic heterocycles. The molecule has 4 aliphatic rings. The molecule has 1 saturated carbocycles. The Labute approximate surface area is 128 Å². The van der Waals surface area contributed by atoms with Gasteiger partial charge in [-0.1, -0.05) is 0 Å². The number of nitrogens with one attached hydrogen (secondary N) is 1. The Morgan fingerprint density at radius 2 is 1.90 bits per heavy atom. The van der Waals surface area contributed by atoms with Gasteiger partial charge < -0.3 is 19.7 Å². The first-order chi connectivity index (χ1) is 10.3. The van der Waals surface area contributed by atoms with E-state index in [2.05, 4.69) is 10.2 Å². The molecular weight excluding hydrogens is 264 g/mol. The van der Waals surface area contributed by atoms with Crippen LogP contribution in [-0.4, -0.2) is 62.0 Å². The lowest BCUT2D eigenvalue weighted by molar-refractivity contribution is -0.140. The van der Waals surface area contributed by atoms with Crippen molar-refractivity contribution >= 4 is 0 Å². The number of hydrogen-bond donors (Lipinski definition) is 1. The Balaban J connectivity index is 1.23. The van der Waals surface area contributed by atoms with Crippen molar-refractivity contribution in [1.29, 1.82) is 0 Å². The van der Waals surface area contributed by atoms with E-state index in [4.69, 9.17) is 9.47 Å². The molecule has 4 nitrogen and oxygen atoms in total. The van der Waals surface area contributed by atoms with E-state index in [0.717, 1.165) is 44.6 Å². The first kappa shape index (κ1) is 14.4. The molecule has 4 heteroatoms. The van der Waals surface area contributed by atoms with E-state index in [1.54, 1.807) is 0 Å². The molecule has 2 atom stereocenters. The van der Waals surface area contributed by atoms with E-state index in [9.17, 15) is 0 Å². The van der Waals surface area contributed by atoms with Gasteiger partial charge in [0.15, 0.2) is 0 Å². The molecule has 120 valence electrons. The summed E-state index contributed by atoms with van der Waals surface area (Å²) in [7, 11) is 0. The SMILES string of the molecule is C1CC2(CCO1)CC(NCC1CCN(C3CC3)C1)CCO2. The maximum Gasteiger partial charge on any atom is 0.0741 e. The highest BCUT2D eigenvalue weighted by molar-refractivity contribution is 4.93. The molecule has 3 heterocycles. The second-order valence-corrected chi connectivity index (χ2v) is 7.62. The molecule has 21 heavy (non-hydrogen) atoms. The first-order valence-corrected chi connectivity index (χ1v) is 9.02. The number of rotatable bonds is 4. The normalized spacial score (nSPS) is 37.1. The van der Waals surface area contributed by atoms with Gasteiger partial charge >= 0.3 is 0 Å². The second kappa shape index (κ2) is 6.15. The fourth-order valence-corrected chi connectivity index (χ4v) is 4.43. The zero-order valence-electron chi connectivity index (χ0n) is 13.2. The van der Waals surface area contributed by atoms with Gasteiger partial charge in [0.2, 0.25) is 0 Å².